The van der Waals surface area contributed by atoms with E-state index < -0.39 is 29.5 Å². The number of epoxide rings is 1. The first-order chi connectivity index (χ1) is 8.43. The lowest BCUT2D eigenvalue weighted by molar-refractivity contribution is -0.124. The standard InChI is InChI=1S/C9H9N3O5S/c1-16-6(14)3-2-12-8(18-3)9(7(11)15)4(17-9)5(10)13/h2,4H,1H3,(H2,10,13)(H2,11,15). The van der Waals surface area contributed by atoms with E-state index in [9.17, 15) is 14.4 Å². The van der Waals surface area contributed by atoms with E-state index in [1.54, 1.807) is 0 Å². The second-order valence-corrected chi connectivity index (χ2v) is 4.55. The molecule has 2 amide bonds. The SMILES string of the molecule is COC(=O)c1cnc(C2(C(N)=O)OC2C(N)=O)s1. The largest absolute Gasteiger partial charge is 0.465 e. The number of aromatic nitrogens is 1. The van der Waals surface area contributed by atoms with Gasteiger partial charge in [-0.25, -0.2) is 9.78 Å². The Bertz CT molecular complexity index is 542. The molecule has 9 heteroatoms. The zero-order valence-electron chi connectivity index (χ0n) is 9.21. The van der Waals surface area contributed by atoms with E-state index >= 15 is 0 Å². The van der Waals surface area contributed by atoms with Crippen molar-refractivity contribution in [3.63, 3.8) is 0 Å². The molecule has 2 atom stereocenters. The Labute approximate surface area is 105 Å². The average molecular weight is 271 g/mol. The zero-order chi connectivity index (χ0) is 13.5. The molecule has 0 radical (unpaired) electrons. The highest BCUT2D eigenvalue weighted by molar-refractivity contribution is 7.13. The lowest BCUT2D eigenvalue weighted by atomic mass is 10.1. The van der Waals surface area contributed by atoms with Crippen LogP contribution < -0.4 is 11.5 Å². The number of hydrogen-bond donors (Lipinski definition) is 2. The summed E-state index contributed by atoms with van der Waals surface area (Å²) in [4.78, 5) is 37.7. The lowest BCUT2D eigenvalue weighted by Crippen LogP contribution is -2.36. The van der Waals surface area contributed by atoms with Crippen LogP contribution in [0.2, 0.25) is 0 Å². The molecule has 0 bridgehead atoms. The molecule has 1 aliphatic rings. The van der Waals surface area contributed by atoms with Gasteiger partial charge >= 0.3 is 5.97 Å². The number of primary amides is 2. The van der Waals surface area contributed by atoms with Gasteiger partial charge in [-0.2, -0.15) is 0 Å². The molecule has 4 N–H and O–H groups in total. The van der Waals surface area contributed by atoms with E-state index in [4.69, 9.17) is 16.2 Å². The van der Waals surface area contributed by atoms with Crippen LogP contribution in [0, 0.1) is 0 Å². The molecule has 96 valence electrons. The van der Waals surface area contributed by atoms with Gasteiger partial charge in [0.05, 0.1) is 13.3 Å². The van der Waals surface area contributed by atoms with Gasteiger partial charge in [-0.1, -0.05) is 0 Å². The van der Waals surface area contributed by atoms with Gasteiger partial charge in [-0.05, 0) is 0 Å². The fourth-order valence-electron chi connectivity index (χ4n) is 1.51. The van der Waals surface area contributed by atoms with Gasteiger partial charge in [0.25, 0.3) is 11.8 Å². The molecule has 2 unspecified atom stereocenters. The van der Waals surface area contributed by atoms with Crippen molar-refractivity contribution in [3.8, 4) is 0 Å². The number of rotatable bonds is 4. The second kappa shape index (κ2) is 4.03. The number of nitrogens with two attached hydrogens (primary N) is 2. The topological polar surface area (TPSA) is 138 Å². The van der Waals surface area contributed by atoms with Crippen molar-refractivity contribution < 1.29 is 23.9 Å². The first kappa shape index (κ1) is 12.5. The lowest BCUT2D eigenvalue weighted by Gasteiger charge is -2.02. The first-order valence-corrected chi connectivity index (χ1v) is 5.56. The molecule has 8 nitrogen and oxygen atoms in total. The third kappa shape index (κ3) is 1.64. The van der Waals surface area contributed by atoms with Crippen LogP contribution in [0.15, 0.2) is 6.20 Å². The van der Waals surface area contributed by atoms with Crippen molar-refractivity contribution in [1.29, 1.82) is 0 Å². The predicted octanol–water partition coefficient (Wildman–Crippen LogP) is -1.51. The number of carbonyl (C=O) groups is 3. The summed E-state index contributed by atoms with van der Waals surface area (Å²) in [5.74, 6) is -2.30. The third-order valence-corrected chi connectivity index (χ3v) is 3.54. The highest BCUT2D eigenvalue weighted by atomic mass is 32.1. The Balaban J connectivity index is 2.35. The molecule has 0 spiro atoms. The van der Waals surface area contributed by atoms with Gasteiger partial charge in [0, 0.05) is 0 Å². The van der Waals surface area contributed by atoms with Gasteiger partial charge in [-0.15, -0.1) is 11.3 Å². The van der Waals surface area contributed by atoms with Crippen LogP contribution in [0.5, 0.6) is 0 Å². The number of methoxy groups -OCH3 is 1. The van der Waals surface area contributed by atoms with Gasteiger partial charge in [0.2, 0.25) is 5.60 Å². The molecule has 1 saturated heterocycles. The van der Waals surface area contributed by atoms with Crippen molar-refractivity contribution >= 4 is 29.1 Å². The molecule has 2 heterocycles. The summed E-state index contributed by atoms with van der Waals surface area (Å²) in [6.45, 7) is 0. The molecular formula is C9H9N3O5S. The van der Waals surface area contributed by atoms with Crippen LogP contribution in [-0.4, -0.2) is 36.0 Å². The van der Waals surface area contributed by atoms with E-state index in [1.807, 2.05) is 0 Å². The number of carbonyl (C=O) groups excluding carboxylic acids is 3. The first-order valence-electron chi connectivity index (χ1n) is 4.75. The molecule has 1 fully saturated rings. The van der Waals surface area contributed by atoms with Gasteiger partial charge in [0.1, 0.15) is 9.88 Å². The van der Waals surface area contributed by atoms with Crippen LogP contribution in [0.3, 0.4) is 0 Å². The van der Waals surface area contributed by atoms with E-state index in [0.29, 0.717) is 0 Å². The number of esters is 1. The Hall–Kier alpha value is -2.00. The third-order valence-electron chi connectivity index (χ3n) is 2.45. The Morgan fingerprint density at radius 1 is 1.50 bits per heavy atom. The maximum atomic E-state index is 11.4. The summed E-state index contributed by atoms with van der Waals surface area (Å²) in [6.07, 6.45) is 0.0719. The van der Waals surface area contributed by atoms with Crippen molar-refractivity contribution in [2.45, 2.75) is 11.7 Å². The summed E-state index contributed by atoms with van der Waals surface area (Å²) in [7, 11) is 1.21. The molecule has 0 aromatic carbocycles. The van der Waals surface area contributed by atoms with E-state index in [0.717, 1.165) is 11.3 Å². The Morgan fingerprint density at radius 2 is 2.17 bits per heavy atom. The molecule has 2 rings (SSSR count). The summed E-state index contributed by atoms with van der Waals surface area (Å²) in [5.41, 5.74) is 8.59. The Morgan fingerprint density at radius 3 is 2.61 bits per heavy atom. The van der Waals surface area contributed by atoms with Crippen molar-refractivity contribution in [2.75, 3.05) is 7.11 Å². The van der Waals surface area contributed by atoms with E-state index in [2.05, 4.69) is 9.72 Å². The van der Waals surface area contributed by atoms with Crippen LogP contribution >= 0.6 is 11.3 Å². The van der Waals surface area contributed by atoms with Gasteiger partial charge < -0.3 is 20.9 Å². The van der Waals surface area contributed by atoms with E-state index in [-0.39, 0.29) is 9.88 Å². The predicted molar refractivity (Wildman–Crippen MR) is 58.4 cm³/mol. The molecular weight excluding hydrogens is 262 g/mol. The average Bonchev–Trinajstić information content (AvgIpc) is 2.92. The van der Waals surface area contributed by atoms with Crippen LogP contribution in [0.4, 0.5) is 0 Å². The number of amides is 2. The summed E-state index contributed by atoms with van der Waals surface area (Å²) >= 11 is 0.865. The Kier molecular flexibility index (Phi) is 2.79. The number of ether oxygens (including phenoxy) is 2. The minimum absolute atomic E-state index is 0.110. The minimum atomic E-state index is -1.65. The smallest absolute Gasteiger partial charge is 0.349 e. The summed E-state index contributed by atoms with van der Waals surface area (Å²) in [6, 6.07) is 0. The van der Waals surface area contributed by atoms with Crippen molar-refractivity contribution in [2.24, 2.45) is 11.5 Å². The molecule has 1 aromatic rings. The summed E-state index contributed by atoms with van der Waals surface area (Å²) in [5, 5.41) is 0.110. The quantitative estimate of drug-likeness (QED) is 0.504. The van der Waals surface area contributed by atoms with E-state index in [1.165, 1.54) is 13.3 Å². The maximum absolute atomic E-state index is 11.4. The highest BCUT2D eigenvalue weighted by Crippen LogP contribution is 2.47. The molecule has 0 saturated carbocycles. The zero-order valence-corrected chi connectivity index (χ0v) is 10.0. The van der Waals surface area contributed by atoms with Crippen LogP contribution in [0.25, 0.3) is 0 Å². The van der Waals surface area contributed by atoms with Crippen LogP contribution in [-0.2, 0) is 24.7 Å². The van der Waals surface area contributed by atoms with Crippen molar-refractivity contribution in [3.05, 3.63) is 16.1 Å². The normalized spacial score (nSPS) is 25.5. The maximum Gasteiger partial charge on any atom is 0.349 e. The van der Waals surface area contributed by atoms with Crippen LogP contribution in [0.1, 0.15) is 14.7 Å². The number of nitrogens with zero attached hydrogens (tertiary/aromatic N) is 1. The molecule has 18 heavy (non-hydrogen) atoms. The highest BCUT2D eigenvalue weighted by Gasteiger charge is 2.68. The van der Waals surface area contributed by atoms with Crippen molar-refractivity contribution in [1.82, 2.24) is 4.98 Å². The number of thiazole rings is 1. The molecule has 1 aromatic heterocycles. The summed E-state index contributed by atoms with van der Waals surface area (Å²) < 4.78 is 9.49. The fraction of sp³-hybridized carbons (Fsp3) is 0.333. The molecule has 0 aliphatic carbocycles. The monoisotopic (exact) mass is 271 g/mol. The number of hydrogen-bond acceptors (Lipinski definition) is 7. The second-order valence-electron chi connectivity index (χ2n) is 3.52. The van der Waals surface area contributed by atoms with Gasteiger partial charge in [0.15, 0.2) is 6.10 Å². The molecule has 1 aliphatic heterocycles. The minimum Gasteiger partial charge on any atom is -0.465 e. The fourth-order valence-corrected chi connectivity index (χ4v) is 2.50. The van der Waals surface area contributed by atoms with Gasteiger partial charge in [-0.3, -0.25) is 9.59 Å².